The lowest BCUT2D eigenvalue weighted by molar-refractivity contribution is 0.145. The fraction of sp³-hybridized carbons (Fsp3) is 0.923. The standard InChI is InChI=1S/C13H27N3OS/c1-4-17-11-5-8-14-13(18)16-9-6-12(7-10-16)15(2)3/h12H,4-11H2,1-3H3,(H,14,18). The van der Waals surface area contributed by atoms with E-state index in [4.69, 9.17) is 17.0 Å². The molecule has 1 rings (SSSR count). The lowest BCUT2D eigenvalue weighted by Gasteiger charge is -2.36. The van der Waals surface area contributed by atoms with E-state index in [1.165, 1.54) is 12.8 Å². The summed E-state index contributed by atoms with van der Waals surface area (Å²) in [6.45, 7) is 6.68. The summed E-state index contributed by atoms with van der Waals surface area (Å²) in [7, 11) is 4.31. The van der Waals surface area contributed by atoms with E-state index < -0.39 is 0 Å². The number of ether oxygens (including phenoxy) is 1. The van der Waals surface area contributed by atoms with Gasteiger partial charge in [0.2, 0.25) is 0 Å². The summed E-state index contributed by atoms with van der Waals surface area (Å²) >= 11 is 5.42. The highest BCUT2D eigenvalue weighted by atomic mass is 32.1. The number of piperidine rings is 1. The molecule has 1 heterocycles. The van der Waals surface area contributed by atoms with Crippen LogP contribution in [-0.2, 0) is 4.74 Å². The molecule has 0 atom stereocenters. The molecule has 18 heavy (non-hydrogen) atoms. The van der Waals surface area contributed by atoms with Crippen molar-refractivity contribution in [1.29, 1.82) is 0 Å². The Labute approximate surface area is 117 Å². The summed E-state index contributed by atoms with van der Waals surface area (Å²) in [5.74, 6) is 0. The van der Waals surface area contributed by atoms with Crippen molar-refractivity contribution >= 4 is 17.3 Å². The maximum Gasteiger partial charge on any atom is 0.168 e. The molecule has 0 spiro atoms. The SMILES string of the molecule is CCOCCCNC(=S)N1CCC(N(C)C)CC1. The number of likely N-dealkylation sites (tertiary alicyclic amines) is 1. The first-order chi connectivity index (χ1) is 8.65. The number of thiocarbonyl (C=S) groups is 1. The smallest absolute Gasteiger partial charge is 0.168 e. The molecule has 1 saturated heterocycles. The number of nitrogens with one attached hydrogen (secondary N) is 1. The molecule has 0 aliphatic carbocycles. The van der Waals surface area contributed by atoms with Gasteiger partial charge in [0.1, 0.15) is 0 Å². The van der Waals surface area contributed by atoms with E-state index in [0.717, 1.165) is 44.4 Å². The summed E-state index contributed by atoms with van der Waals surface area (Å²) in [6.07, 6.45) is 3.42. The topological polar surface area (TPSA) is 27.7 Å². The first-order valence-electron chi connectivity index (χ1n) is 6.92. The molecule has 5 heteroatoms. The summed E-state index contributed by atoms with van der Waals surface area (Å²) < 4.78 is 5.30. The fourth-order valence-electron chi connectivity index (χ4n) is 2.21. The van der Waals surface area contributed by atoms with Gasteiger partial charge in [-0.2, -0.15) is 0 Å². The van der Waals surface area contributed by atoms with Crippen molar-refractivity contribution in [2.24, 2.45) is 0 Å². The van der Waals surface area contributed by atoms with Gasteiger partial charge < -0.3 is 19.9 Å². The zero-order valence-corrected chi connectivity index (χ0v) is 12.8. The van der Waals surface area contributed by atoms with Crippen LogP contribution in [-0.4, -0.2) is 67.9 Å². The molecule has 4 nitrogen and oxygen atoms in total. The molecule has 0 aromatic heterocycles. The van der Waals surface area contributed by atoms with Gasteiger partial charge in [0, 0.05) is 38.9 Å². The van der Waals surface area contributed by atoms with E-state index >= 15 is 0 Å². The fourth-order valence-corrected chi connectivity index (χ4v) is 2.50. The third kappa shape index (κ3) is 5.50. The first kappa shape index (κ1) is 15.7. The molecule has 1 aliphatic rings. The van der Waals surface area contributed by atoms with Crippen LogP contribution in [0.1, 0.15) is 26.2 Å². The maximum absolute atomic E-state index is 5.42. The molecule has 0 amide bonds. The van der Waals surface area contributed by atoms with Crippen molar-refractivity contribution in [3.63, 3.8) is 0 Å². The Morgan fingerprint density at radius 3 is 2.61 bits per heavy atom. The molecule has 106 valence electrons. The highest BCUT2D eigenvalue weighted by Crippen LogP contribution is 2.14. The van der Waals surface area contributed by atoms with Gasteiger partial charge >= 0.3 is 0 Å². The van der Waals surface area contributed by atoms with Crippen LogP contribution in [0, 0.1) is 0 Å². The molecule has 0 bridgehead atoms. The van der Waals surface area contributed by atoms with Crippen molar-refractivity contribution in [1.82, 2.24) is 15.1 Å². The van der Waals surface area contributed by atoms with Gasteiger partial charge in [-0.3, -0.25) is 0 Å². The van der Waals surface area contributed by atoms with Crippen molar-refractivity contribution in [3.05, 3.63) is 0 Å². The lowest BCUT2D eigenvalue weighted by atomic mass is 10.0. The predicted octanol–water partition coefficient (Wildman–Crippen LogP) is 1.31. The minimum atomic E-state index is 0.710. The first-order valence-corrected chi connectivity index (χ1v) is 7.33. The van der Waals surface area contributed by atoms with Crippen molar-refractivity contribution < 1.29 is 4.74 Å². The van der Waals surface area contributed by atoms with Crippen molar-refractivity contribution in [3.8, 4) is 0 Å². The van der Waals surface area contributed by atoms with E-state index in [0.29, 0.717) is 6.04 Å². The van der Waals surface area contributed by atoms with Gasteiger partial charge in [-0.1, -0.05) is 0 Å². The quantitative estimate of drug-likeness (QED) is 0.582. The van der Waals surface area contributed by atoms with Crippen LogP contribution in [0.5, 0.6) is 0 Å². The maximum atomic E-state index is 5.42. The number of hydrogen-bond acceptors (Lipinski definition) is 3. The molecule has 1 fully saturated rings. The zero-order chi connectivity index (χ0) is 13.4. The Bertz CT molecular complexity index is 240. The number of nitrogens with zero attached hydrogens (tertiary/aromatic N) is 2. The third-order valence-corrected chi connectivity index (χ3v) is 3.83. The van der Waals surface area contributed by atoms with Crippen LogP contribution in [0.2, 0.25) is 0 Å². The van der Waals surface area contributed by atoms with Crippen LogP contribution in [0.25, 0.3) is 0 Å². The van der Waals surface area contributed by atoms with Gasteiger partial charge in [0.15, 0.2) is 5.11 Å². The third-order valence-electron chi connectivity index (χ3n) is 3.43. The summed E-state index contributed by atoms with van der Waals surface area (Å²) in [5.41, 5.74) is 0. The minimum Gasteiger partial charge on any atom is -0.382 e. The minimum absolute atomic E-state index is 0.710. The second-order valence-corrected chi connectivity index (χ2v) is 5.35. The average molecular weight is 273 g/mol. The van der Waals surface area contributed by atoms with Crippen LogP contribution < -0.4 is 5.32 Å². The zero-order valence-electron chi connectivity index (χ0n) is 11.9. The van der Waals surface area contributed by atoms with E-state index in [9.17, 15) is 0 Å². The number of hydrogen-bond donors (Lipinski definition) is 1. The Morgan fingerprint density at radius 1 is 1.39 bits per heavy atom. The Hall–Kier alpha value is -0.390. The normalized spacial score (nSPS) is 17.2. The van der Waals surface area contributed by atoms with Gasteiger partial charge in [0.25, 0.3) is 0 Å². The molecule has 0 saturated carbocycles. The highest BCUT2D eigenvalue weighted by Gasteiger charge is 2.21. The van der Waals surface area contributed by atoms with Gasteiger partial charge in [0.05, 0.1) is 0 Å². The van der Waals surface area contributed by atoms with Crippen LogP contribution >= 0.6 is 12.2 Å². The molecule has 1 N–H and O–H groups in total. The molecule has 0 radical (unpaired) electrons. The second kappa shape index (κ2) is 8.67. The molecule has 0 aromatic carbocycles. The molecule has 1 aliphatic heterocycles. The lowest BCUT2D eigenvalue weighted by Crippen LogP contribution is -2.48. The van der Waals surface area contributed by atoms with Crippen LogP contribution in [0.4, 0.5) is 0 Å². The predicted molar refractivity (Wildman–Crippen MR) is 80.0 cm³/mol. The van der Waals surface area contributed by atoms with Crippen LogP contribution in [0.15, 0.2) is 0 Å². The summed E-state index contributed by atoms with van der Waals surface area (Å²) in [4.78, 5) is 4.60. The van der Waals surface area contributed by atoms with Crippen molar-refractivity contribution in [2.45, 2.75) is 32.2 Å². The molecular weight excluding hydrogens is 246 g/mol. The Balaban J connectivity index is 2.12. The van der Waals surface area contributed by atoms with Gasteiger partial charge in [-0.05, 0) is 52.5 Å². The monoisotopic (exact) mass is 273 g/mol. The Morgan fingerprint density at radius 2 is 2.06 bits per heavy atom. The largest absolute Gasteiger partial charge is 0.382 e. The highest BCUT2D eigenvalue weighted by molar-refractivity contribution is 7.80. The summed E-state index contributed by atoms with van der Waals surface area (Å²) in [5, 5.41) is 4.23. The second-order valence-electron chi connectivity index (χ2n) is 4.96. The van der Waals surface area contributed by atoms with E-state index in [1.54, 1.807) is 0 Å². The van der Waals surface area contributed by atoms with E-state index in [2.05, 4.69) is 29.2 Å². The number of rotatable bonds is 6. The van der Waals surface area contributed by atoms with Crippen LogP contribution in [0.3, 0.4) is 0 Å². The molecule has 0 unspecified atom stereocenters. The van der Waals surface area contributed by atoms with Gasteiger partial charge in [-0.25, -0.2) is 0 Å². The van der Waals surface area contributed by atoms with Gasteiger partial charge in [-0.15, -0.1) is 0 Å². The molecular formula is C13H27N3OS. The van der Waals surface area contributed by atoms with E-state index in [-0.39, 0.29) is 0 Å². The van der Waals surface area contributed by atoms with Crippen molar-refractivity contribution in [2.75, 3.05) is 46.9 Å². The Kier molecular flexibility index (Phi) is 7.54. The molecule has 0 aromatic rings. The van der Waals surface area contributed by atoms with E-state index in [1.807, 2.05) is 6.92 Å². The summed E-state index contributed by atoms with van der Waals surface area (Å²) in [6, 6.07) is 0.710. The average Bonchev–Trinajstić information content (AvgIpc) is 2.38.